The summed E-state index contributed by atoms with van der Waals surface area (Å²) in [6.45, 7) is 6.53. The molecule has 2 aromatic rings. The Bertz CT molecular complexity index is 840. The Balaban J connectivity index is 1.72. The van der Waals surface area contributed by atoms with Gasteiger partial charge in [0, 0.05) is 55.2 Å². The summed E-state index contributed by atoms with van der Waals surface area (Å²) in [5, 5.41) is 4.70. The van der Waals surface area contributed by atoms with Gasteiger partial charge in [-0.1, -0.05) is 26.0 Å². The number of likely N-dealkylation sites (tertiary alicyclic amines) is 1. The first-order valence-electron chi connectivity index (χ1n) is 10.4. The molecule has 5 heteroatoms. The lowest BCUT2D eigenvalue weighted by Gasteiger charge is -2.47. The summed E-state index contributed by atoms with van der Waals surface area (Å²) in [5.74, 6) is 0.481. The third-order valence-corrected chi connectivity index (χ3v) is 6.39. The van der Waals surface area contributed by atoms with Gasteiger partial charge in [-0.15, -0.1) is 0 Å². The summed E-state index contributed by atoms with van der Waals surface area (Å²) in [5.41, 5.74) is 5.68. The molecule has 2 amide bonds. The Morgan fingerprint density at radius 1 is 1.33 bits per heavy atom. The molecule has 0 saturated carbocycles. The number of nitrogens with one attached hydrogen (secondary N) is 2. The fraction of sp³-hybridized carbons (Fsp3) is 0.591. The number of rotatable bonds is 4. The summed E-state index contributed by atoms with van der Waals surface area (Å²) in [7, 11) is 3.62. The number of nitrogens with zero attached hydrogens (tertiary/aromatic N) is 2. The fourth-order valence-corrected chi connectivity index (χ4v) is 5.21. The molecule has 1 aliphatic heterocycles. The van der Waals surface area contributed by atoms with E-state index in [2.05, 4.69) is 47.2 Å². The van der Waals surface area contributed by atoms with Crippen molar-refractivity contribution >= 4 is 16.9 Å². The van der Waals surface area contributed by atoms with E-state index in [-0.39, 0.29) is 12.1 Å². The molecule has 1 fully saturated rings. The number of hydrogen-bond acceptors (Lipinski definition) is 2. The van der Waals surface area contributed by atoms with Crippen LogP contribution in [0.4, 0.5) is 4.79 Å². The molecule has 2 N–H and O–H groups in total. The maximum absolute atomic E-state index is 12.3. The van der Waals surface area contributed by atoms with Crippen molar-refractivity contribution in [3.05, 3.63) is 35.0 Å². The van der Waals surface area contributed by atoms with E-state index in [1.165, 1.54) is 27.7 Å². The standard InChI is InChI=1S/C22H32N4O/c1-5-10-26-13-14(23-22(27)25(3)4)11-16-15-8-7-9-19-21(15)17(12-20(16)26)18(6-2)24-19/h7-9,14,16,20,24H,5-6,10-13H2,1-4H3,(H,23,27)/t14-,16?,20+/m0/s1. The molecule has 1 aliphatic carbocycles. The van der Waals surface area contributed by atoms with Crippen LogP contribution in [0.1, 0.15) is 49.4 Å². The van der Waals surface area contributed by atoms with Gasteiger partial charge in [0.05, 0.1) is 0 Å². The van der Waals surface area contributed by atoms with E-state index in [1.54, 1.807) is 4.90 Å². The van der Waals surface area contributed by atoms with Gasteiger partial charge < -0.3 is 15.2 Å². The molecular weight excluding hydrogens is 336 g/mol. The molecule has 1 aromatic carbocycles. The summed E-state index contributed by atoms with van der Waals surface area (Å²) < 4.78 is 0. The topological polar surface area (TPSA) is 51.4 Å². The first-order chi connectivity index (χ1) is 13.0. The highest BCUT2D eigenvalue weighted by Crippen LogP contribution is 2.44. The highest BCUT2D eigenvalue weighted by Gasteiger charge is 2.41. The number of fused-ring (bicyclic) bond motifs is 2. The Hall–Kier alpha value is -2.01. The van der Waals surface area contributed by atoms with E-state index in [9.17, 15) is 4.79 Å². The third-order valence-electron chi connectivity index (χ3n) is 6.39. The van der Waals surface area contributed by atoms with Crippen molar-refractivity contribution in [1.82, 2.24) is 20.1 Å². The zero-order valence-corrected chi connectivity index (χ0v) is 17.0. The second kappa shape index (κ2) is 7.19. The summed E-state index contributed by atoms with van der Waals surface area (Å²) in [6, 6.07) is 7.47. The third kappa shape index (κ3) is 3.12. The number of urea groups is 1. The summed E-state index contributed by atoms with van der Waals surface area (Å²) >= 11 is 0. The Morgan fingerprint density at radius 2 is 2.15 bits per heavy atom. The van der Waals surface area contributed by atoms with Gasteiger partial charge in [0.25, 0.3) is 0 Å². The highest BCUT2D eigenvalue weighted by molar-refractivity contribution is 5.89. The van der Waals surface area contributed by atoms with Gasteiger partial charge in [0.1, 0.15) is 0 Å². The monoisotopic (exact) mass is 368 g/mol. The Labute approximate surface area is 162 Å². The lowest BCUT2D eigenvalue weighted by atomic mass is 9.73. The van der Waals surface area contributed by atoms with Crippen LogP contribution in [0.15, 0.2) is 18.2 Å². The molecule has 0 spiro atoms. The van der Waals surface area contributed by atoms with Crippen molar-refractivity contribution in [3.8, 4) is 0 Å². The lowest BCUT2D eigenvalue weighted by Crippen LogP contribution is -2.57. The number of aromatic amines is 1. The van der Waals surface area contributed by atoms with Gasteiger partial charge in [-0.2, -0.15) is 0 Å². The van der Waals surface area contributed by atoms with Crippen LogP contribution in [0, 0.1) is 0 Å². The number of aryl methyl sites for hydroxylation is 1. The molecule has 3 atom stereocenters. The number of H-pyrrole nitrogens is 1. The van der Waals surface area contributed by atoms with E-state index in [1.807, 2.05) is 14.1 Å². The quantitative estimate of drug-likeness (QED) is 0.868. The van der Waals surface area contributed by atoms with Crippen molar-refractivity contribution in [2.24, 2.45) is 0 Å². The van der Waals surface area contributed by atoms with Crippen molar-refractivity contribution in [1.29, 1.82) is 0 Å². The number of benzene rings is 1. The first-order valence-corrected chi connectivity index (χ1v) is 10.4. The number of amides is 2. The summed E-state index contributed by atoms with van der Waals surface area (Å²) in [4.78, 5) is 20.2. The minimum Gasteiger partial charge on any atom is -0.358 e. The van der Waals surface area contributed by atoms with Crippen LogP contribution in [-0.2, 0) is 12.8 Å². The van der Waals surface area contributed by atoms with Crippen LogP contribution >= 0.6 is 0 Å². The van der Waals surface area contributed by atoms with Crippen molar-refractivity contribution in [2.75, 3.05) is 27.2 Å². The van der Waals surface area contributed by atoms with Gasteiger partial charge in [-0.3, -0.25) is 4.90 Å². The molecule has 2 heterocycles. The van der Waals surface area contributed by atoms with E-state index in [0.717, 1.165) is 38.8 Å². The number of carbonyl (C=O) groups excluding carboxylic acids is 1. The van der Waals surface area contributed by atoms with Crippen LogP contribution in [0.25, 0.3) is 10.9 Å². The number of hydrogen-bond donors (Lipinski definition) is 2. The number of carbonyl (C=O) groups is 1. The summed E-state index contributed by atoms with van der Waals surface area (Å²) in [6.07, 6.45) is 4.34. The van der Waals surface area contributed by atoms with Crippen LogP contribution in [-0.4, -0.2) is 60.1 Å². The van der Waals surface area contributed by atoms with Gasteiger partial charge in [0.2, 0.25) is 0 Å². The molecule has 4 rings (SSSR count). The normalized spacial score (nSPS) is 24.7. The Kier molecular flexibility index (Phi) is 4.89. The second-order valence-electron chi connectivity index (χ2n) is 8.35. The molecule has 1 unspecified atom stereocenters. The van der Waals surface area contributed by atoms with Gasteiger partial charge in [-0.05, 0) is 49.4 Å². The maximum atomic E-state index is 12.3. The van der Waals surface area contributed by atoms with Crippen LogP contribution < -0.4 is 5.32 Å². The molecular formula is C22H32N4O. The van der Waals surface area contributed by atoms with Crippen molar-refractivity contribution in [3.63, 3.8) is 0 Å². The van der Waals surface area contributed by atoms with Gasteiger partial charge in [0.15, 0.2) is 0 Å². The minimum atomic E-state index is 0.0134. The van der Waals surface area contributed by atoms with Crippen LogP contribution in [0.3, 0.4) is 0 Å². The molecule has 27 heavy (non-hydrogen) atoms. The molecule has 5 nitrogen and oxygen atoms in total. The average molecular weight is 369 g/mol. The number of aromatic nitrogens is 1. The predicted octanol–water partition coefficient (Wildman–Crippen LogP) is 3.49. The van der Waals surface area contributed by atoms with E-state index in [0.29, 0.717) is 12.0 Å². The number of piperidine rings is 1. The molecule has 146 valence electrons. The smallest absolute Gasteiger partial charge is 0.317 e. The predicted molar refractivity (Wildman–Crippen MR) is 110 cm³/mol. The average Bonchev–Trinajstić information content (AvgIpc) is 3.02. The highest BCUT2D eigenvalue weighted by atomic mass is 16.2. The molecule has 1 saturated heterocycles. The fourth-order valence-electron chi connectivity index (χ4n) is 5.21. The largest absolute Gasteiger partial charge is 0.358 e. The van der Waals surface area contributed by atoms with Gasteiger partial charge in [-0.25, -0.2) is 4.79 Å². The van der Waals surface area contributed by atoms with E-state index >= 15 is 0 Å². The SMILES string of the molecule is CCCN1C[C@@H](NC(=O)N(C)C)CC2c3cccc4[nH]c(CC)c(c34)C[C@H]21. The lowest BCUT2D eigenvalue weighted by molar-refractivity contribution is 0.0989. The zero-order valence-electron chi connectivity index (χ0n) is 17.0. The van der Waals surface area contributed by atoms with Crippen LogP contribution in [0.2, 0.25) is 0 Å². The second-order valence-corrected chi connectivity index (χ2v) is 8.35. The molecule has 0 bridgehead atoms. The van der Waals surface area contributed by atoms with Gasteiger partial charge >= 0.3 is 6.03 Å². The molecule has 0 radical (unpaired) electrons. The van der Waals surface area contributed by atoms with Crippen LogP contribution in [0.5, 0.6) is 0 Å². The molecule has 1 aromatic heterocycles. The maximum Gasteiger partial charge on any atom is 0.317 e. The van der Waals surface area contributed by atoms with E-state index < -0.39 is 0 Å². The Morgan fingerprint density at radius 3 is 2.85 bits per heavy atom. The first kappa shape index (κ1) is 18.4. The molecule has 2 aliphatic rings. The zero-order chi connectivity index (χ0) is 19.1. The van der Waals surface area contributed by atoms with E-state index in [4.69, 9.17) is 0 Å². The van der Waals surface area contributed by atoms with Crippen molar-refractivity contribution < 1.29 is 4.79 Å². The minimum absolute atomic E-state index is 0.0134. The van der Waals surface area contributed by atoms with Crippen molar-refractivity contribution in [2.45, 2.75) is 57.5 Å².